The van der Waals surface area contributed by atoms with E-state index in [0.29, 0.717) is 5.56 Å². The van der Waals surface area contributed by atoms with Gasteiger partial charge in [-0.3, -0.25) is 4.79 Å². The molecule has 1 aromatic rings. The third-order valence-corrected chi connectivity index (χ3v) is 3.26. The first-order valence-corrected chi connectivity index (χ1v) is 7.88. The fourth-order valence-corrected chi connectivity index (χ4v) is 2.44. The summed E-state index contributed by atoms with van der Waals surface area (Å²) >= 11 is 3.37. The average Bonchev–Trinajstić information content (AvgIpc) is 2.66. The van der Waals surface area contributed by atoms with E-state index in [-0.39, 0.29) is 18.2 Å². The van der Waals surface area contributed by atoms with Gasteiger partial charge >= 0.3 is 6.09 Å². The SMILES string of the molecule is CC.CC(C)(C)OC(=O)NC1CC(=O)c2ccc(Br)cc21. The van der Waals surface area contributed by atoms with E-state index in [1.165, 1.54) is 0 Å². The highest BCUT2D eigenvalue weighted by Crippen LogP contribution is 2.33. The number of fused-ring (bicyclic) bond motifs is 1. The van der Waals surface area contributed by atoms with E-state index >= 15 is 0 Å². The molecule has 1 aliphatic rings. The van der Waals surface area contributed by atoms with Crippen LogP contribution in [0.5, 0.6) is 0 Å². The second-order valence-corrected chi connectivity index (χ2v) is 6.47. The molecule has 116 valence electrons. The standard InChI is InChI=1S/C14H16BrNO3.C2H6/c1-14(2,3)19-13(18)16-11-7-12(17)9-5-4-8(15)6-10(9)11;1-2/h4-6,11H,7H2,1-3H3,(H,16,18);1-2H3. The van der Waals surface area contributed by atoms with Gasteiger partial charge in [0.2, 0.25) is 0 Å². The minimum Gasteiger partial charge on any atom is -0.444 e. The summed E-state index contributed by atoms with van der Waals surface area (Å²) in [5, 5.41) is 2.75. The highest BCUT2D eigenvalue weighted by Gasteiger charge is 2.31. The molecule has 2 rings (SSSR count). The Hall–Kier alpha value is -1.36. The molecular formula is C16H22BrNO3. The van der Waals surface area contributed by atoms with E-state index in [1.54, 1.807) is 26.8 Å². The molecule has 1 atom stereocenters. The summed E-state index contributed by atoms with van der Waals surface area (Å²) in [4.78, 5) is 23.6. The lowest BCUT2D eigenvalue weighted by Crippen LogP contribution is -2.34. The van der Waals surface area contributed by atoms with Crippen molar-refractivity contribution in [2.24, 2.45) is 0 Å². The second-order valence-electron chi connectivity index (χ2n) is 5.56. The summed E-state index contributed by atoms with van der Waals surface area (Å²) in [5.74, 6) is 0.0450. The van der Waals surface area contributed by atoms with Gasteiger partial charge in [-0.2, -0.15) is 0 Å². The molecule has 1 aromatic carbocycles. The largest absolute Gasteiger partial charge is 0.444 e. The predicted molar refractivity (Wildman–Crippen MR) is 86.5 cm³/mol. The molecule has 1 unspecified atom stereocenters. The Morgan fingerprint density at radius 2 is 1.95 bits per heavy atom. The number of Topliss-reactive ketones (excluding diaryl/α,β-unsaturated/α-hetero) is 1. The molecule has 0 saturated carbocycles. The van der Waals surface area contributed by atoms with Crippen molar-refractivity contribution in [2.75, 3.05) is 0 Å². The maximum atomic E-state index is 11.8. The molecule has 21 heavy (non-hydrogen) atoms. The van der Waals surface area contributed by atoms with Gasteiger partial charge < -0.3 is 10.1 Å². The lowest BCUT2D eigenvalue weighted by atomic mass is 10.1. The van der Waals surface area contributed by atoms with Gasteiger partial charge in [-0.05, 0) is 44.5 Å². The average molecular weight is 356 g/mol. The zero-order valence-corrected chi connectivity index (χ0v) is 14.7. The van der Waals surface area contributed by atoms with E-state index in [9.17, 15) is 9.59 Å². The fraction of sp³-hybridized carbons (Fsp3) is 0.500. The molecule has 0 saturated heterocycles. The third-order valence-electron chi connectivity index (χ3n) is 2.77. The minimum atomic E-state index is -0.549. The van der Waals surface area contributed by atoms with Crippen LogP contribution in [0.25, 0.3) is 0 Å². The molecule has 0 spiro atoms. The van der Waals surface area contributed by atoms with E-state index in [1.807, 2.05) is 26.0 Å². The van der Waals surface area contributed by atoms with Crippen molar-refractivity contribution in [3.63, 3.8) is 0 Å². The van der Waals surface area contributed by atoms with Crippen LogP contribution in [0.4, 0.5) is 4.79 Å². The van der Waals surface area contributed by atoms with Gasteiger partial charge in [-0.15, -0.1) is 0 Å². The van der Waals surface area contributed by atoms with E-state index in [0.717, 1.165) is 10.0 Å². The molecule has 1 amide bonds. The Bertz CT molecular complexity index is 535. The summed E-state index contributed by atoms with van der Waals surface area (Å²) in [5.41, 5.74) is 0.960. The van der Waals surface area contributed by atoms with Crippen LogP contribution in [0.3, 0.4) is 0 Å². The van der Waals surface area contributed by atoms with Crippen molar-refractivity contribution in [1.29, 1.82) is 0 Å². The lowest BCUT2D eigenvalue weighted by Gasteiger charge is -2.21. The van der Waals surface area contributed by atoms with Gasteiger partial charge in [0, 0.05) is 16.5 Å². The zero-order chi connectivity index (χ0) is 16.2. The van der Waals surface area contributed by atoms with Gasteiger partial charge in [-0.25, -0.2) is 4.79 Å². The van der Waals surface area contributed by atoms with Crippen molar-refractivity contribution < 1.29 is 14.3 Å². The smallest absolute Gasteiger partial charge is 0.408 e. The minimum absolute atomic E-state index is 0.0450. The van der Waals surface area contributed by atoms with Crippen molar-refractivity contribution >= 4 is 27.8 Å². The molecule has 0 aliphatic heterocycles. The molecule has 1 N–H and O–H groups in total. The number of ether oxygens (including phenoxy) is 1. The number of nitrogens with one attached hydrogen (secondary N) is 1. The summed E-state index contributed by atoms with van der Waals surface area (Å²) in [7, 11) is 0. The molecule has 0 radical (unpaired) electrons. The van der Waals surface area contributed by atoms with Crippen LogP contribution in [0.15, 0.2) is 22.7 Å². The zero-order valence-electron chi connectivity index (χ0n) is 13.1. The van der Waals surface area contributed by atoms with Gasteiger partial charge in [0.15, 0.2) is 5.78 Å². The summed E-state index contributed by atoms with van der Waals surface area (Å²) in [6.07, 6.45) is -0.219. The Morgan fingerprint density at radius 3 is 2.52 bits per heavy atom. The third kappa shape index (κ3) is 4.84. The van der Waals surface area contributed by atoms with Crippen LogP contribution < -0.4 is 5.32 Å². The Labute approximate surface area is 134 Å². The van der Waals surface area contributed by atoms with Gasteiger partial charge in [0.05, 0.1) is 6.04 Å². The predicted octanol–water partition coefficient (Wildman–Crippen LogP) is 4.63. The van der Waals surface area contributed by atoms with Crippen LogP contribution >= 0.6 is 15.9 Å². The number of halogens is 1. The van der Waals surface area contributed by atoms with Crippen LogP contribution in [0, 0.1) is 0 Å². The number of ketones is 1. The van der Waals surface area contributed by atoms with Crippen molar-refractivity contribution in [3.05, 3.63) is 33.8 Å². The topological polar surface area (TPSA) is 55.4 Å². The van der Waals surface area contributed by atoms with Crippen molar-refractivity contribution in [1.82, 2.24) is 5.32 Å². The molecule has 0 fully saturated rings. The highest BCUT2D eigenvalue weighted by atomic mass is 79.9. The molecule has 0 bridgehead atoms. The van der Waals surface area contributed by atoms with Crippen LogP contribution in [0.2, 0.25) is 0 Å². The number of hydrogen-bond acceptors (Lipinski definition) is 3. The maximum absolute atomic E-state index is 11.8. The number of benzene rings is 1. The van der Waals surface area contributed by atoms with E-state index in [2.05, 4.69) is 21.2 Å². The number of alkyl carbamates (subject to hydrolysis) is 1. The summed E-state index contributed by atoms with van der Waals surface area (Å²) in [6.45, 7) is 9.41. The second kappa shape index (κ2) is 7.07. The number of amides is 1. The van der Waals surface area contributed by atoms with Gasteiger partial charge in [0.1, 0.15) is 5.60 Å². The highest BCUT2D eigenvalue weighted by molar-refractivity contribution is 9.10. The van der Waals surface area contributed by atoms with Crippen LogP contribution in [-0.2, 0) is 4.74 Å². The van der Waals surface area contributed by atoms with E-state index in [4.69, 9.17) is 4.74 Å². The normalized spacial score (nSPS) is 16.7. The van der Waals surface area contributed by atoms with Crippen LogP contribution in [0.1, 0.15) is 63.0 Å². The summed E-state index contributed by atoms with van der Waals surface area (Å²) in [6, 6.07) is 5.16. The Kier molecular flexibility index (Phi) is 5.96. The first-order chi connectivity index (χ1) is 9.76. The first kappa shape index (κ1) is 17.7. The monoisotopic (exact) mass is 355 g/mol. The molecular weight excluding hydrogens is 334 g/mol. The van der Waals surface area contributed by atoms with Gasteiger partial charge in [0.25, 0.3) is 0 Å². The van der Waals surface area contributed by atoms with Crippen molar-refractivity contribution in [3.8, 4) is 0 Å². The molecule has 1 aliphatic carbocycles. The Morgan fingerprint density at radius 1 is 1.33 bits per heavy atom. The quantitative estimate of drug-likeness (QED) is 0.798. The number of carbonyl (C=O) groups is 2. The van der Waals surface area contributed by atoms with Crippen molar-refractivity contribution in [2.45, 2.75) is 52.7 Å². The number of carbonyl (C=O) groups excluding carboxylic acids is 2. The van der Waals surface area contributed by atoms with Crippen LogP contribution in [-0.4, -0.2) is 17.5 Å². The molecule has 5 heteroatoms. The molecule has 0 aromatic heterocycles. The first-order valence-electron chi connectivity index (χ1n) is 7.08. The number of hydrogen-bond donors (Lipinski definition) is 1. The fourth-order valence-electron chi connectivity index (χ4n) is 2.06. The summed E-state index contributed by atoms with van der Waals surface area (Å²) < 4.78 is 6.09. The lowest BCUT2D eigenvalue weighted by molar-refractivity contribution is 0.0504. The Balaban J connectivity index is 0.00000106. The molecule has 0 heterocycles. The molecule has 4 nitrogen and oxygen atoms in total. The number of rotatable bonds is 1. The maximum Gasteiger partial charge on any atom is 0.408 e. The van der Waals surface area contributed by atoms with Gasteiger partial charge in [-0.1, -0.05) is 29.8 Å². The van der Waals surface area contributed by atoms with E-state index < -0.39 is 11.7 Å².